The Morgan fingerprint density at radius 3 is 2.91 bits per heavy atom. The van der Waals surface area contributed by atoms with Gasteiger partial charge in [-0.2, -0.15) is 10.2 Å². The fraction of sp³-hybridized carbons (Fsp3) is 0.333. The van der Waals surface area contributed by atoms with Gasteiger partial charge in [-0.15, -0.1) is 0 Å². The van der Waals surface area contributed by atoms with Gasteiger partial charge in [-0.3, -0.25) is 14.2 Å². The molecule has 0 amide bonds. The van der Waals surface area contributed by atoms with Crippen LogP contribution < -0.4 is 5.56 Å². The highest BCUT2D eigenvalue weighted by molar-refractivity contribution is 5.75. The van der Waals surface area contributed by atoms with E-state index in [9.17, 15) is 4.79 Å². The second kappa shape index (κ2) is 4.94. The monoisotopic (exact) mass is 296 g/mol. The maximum absolute atomic E-state index is 12.0. The zero-order chi connectivity index (χ0) is 15.1. The van der Waals surface area contributed by atoms with Gasteiger partial charge in [0.15, 0.2) is 5.65 Å². The molecule has 0 spiro atoms. The lowest BCUT2D eigenvalue weighted by atomic mass is 9.93. The van der Waals surface area contributed by atoms with E-state index in [1.165, 1.54) is 25.5 Å². The van der Waals surface area contributed by atoms with Gasteiger partial charge in [0, 0.05) is 18.8 Å². The number of nitrogens with one attached hydrogen (secondary N) is 1. The lowest BCUT2D eigenvalue weighted by Crippen LogP contribution is -2.16. The fourth-order valence-corrected chi connectivity index (χ4v) is 2.59. The summed E-state index contributed by atoms with van der Waals surface area (Å²) in [6.45, 7) is 0. The lowest BCUT2D eigenvalue weighted by Gasteiger charge is -2.25. The normalized spacial score (nSPS) is 15.7. The van der Waals surface area contributed by atoms with Crippen molar-refractivity contribution in [1.29, 1.82) is 0 Å². The Hall–Kier alpha value is -2.70. The van der Waals surface area contributed by atoms with Crippen molar-refractivity contribution in [2.45, 2.75) is 25.3 Å². The minimum Gasteiger partial charge on any atom is -0.306 e. The molecule has 4 rings (SSSR count). The smallest absolute Gasteiger partial charge is 0.262 e. The van der Waals surface area contributed by atoms with E-state index in [1.54, 1.807) is 17.8 Å². The van der Waals surface area contributed by atoms with Crippen LogP contribution in [0.5, 0.6) is 0 Å². The first-order chi connectivity index (χ1) is 10.7. The first kappa shape index (κ1) is 13.0. The van der Waals surface area contributed by atoms with Gasteiger partial charge in [0.05, 0.1) is 18.4 Å². The summed E-state index contributed by atoms with van der Waals surface area (Å²) in [7, 11) is 1.77. The van der Waals surface area contributed by atoms with Crippen LogP contribution in [-0.4, -0.2) is 29.5 Å². The molecule has 0 unspecified atom stereocenters. The summed E-state index contributed by atoms with van der Waals surface area (Å²) in [5.74, 6) is 0.512. The Kier molecular flexibility index (Phi) is 2.92. The molecule has 22 heavy (non-hydrogen) atoms. The van der Waals surface area contributed by atoms with E-state index < -0.39 is 0 Å². The van der Waals surface area contributed by atoms with E-state index in [1.807, 2.05) is 23.2 Å². The molecule has 3 aromatic heterocycles. The molecule has 112 valence electrons. The number of aryl methyl sites for hydroxylation is 1. The largest absolute Gasteiger partial charge is 0.306 e. The second-order valence-corrected chi connectivity index (χ2v) is 5.63. The number of rotatable bonds is 3. The number of aromatic amines is 1. The van der Waals surface area contributed by atoms with Gasteiger partial charge in [0.1, 0.15) is 11.2 Å². The van der Waals surface area contributed by atoms with Gasteiger partial charge in [-0.25, -0.2) is 4.98 Å². The van der Waals surface area contributed by atoms with E-state index in [0.29, 0.717) is 22.9 Å². The lowest BCUT2D eigenvalue weighted by molar-refractivity contribution is 0.289. The molecule has 3 heterocycles. The van der Waals surface area contributed by atoms with Crippen molar-refractivity contribution in [2.75, 3.05) is 0 Å². The van der Waals surface area contributed by atoms with Crippen LogP contribution >= 0.6 is 0 Å². The molecule has 0 aromatic carbocycles. The summed E-state index contributed by atoms with van der Waals surface area (Å²) in [4.78, 5) is 19.1. The van der Waals surface area contributed by atoms with Crippen LogP contribution in [0.3, 0.4) is 0 Å². The predicted octanol–water partition coefficient (Wildman–Crippen LogP) is 1.75. The molecule has 1 aliphatic rings. The van der Waals surface area contributed by atoms with Crippen molar-refractivity contribution in [2.24, 2.45) is 7.05 Å². The Morgan fingerprint density at radius 2 is 2.14 bits per heavy atom. The standard InChI is InChI=1S/C15H16N6O/c1-20-14-12(8-16-20)15(22)19-13(18-14)6-5-10-7-17-21(9-10)11-3-2-4-11/h5-9,11H,2-4H2,1H3,(H,18,19,22)/b6-5+. The third kappa shape index (κ3) is 2.14. The number of nitrogens with zero attached hydrogens (tertiary/aromatic N) is 5. The minimum atomic E-state index is -0.178. The van der Waals surface area contributed by atoms with Gasteiger partial charge in [0.2, 0.25) is 0 Å². The van der Waals surface area contributed by atoms with E-state index in [4.69, 9.17) is 0 Å². The maximum Gasteiger partial charge on any atom is 0.262 e. The van der Waals surface area contributed by atoms with Crippen LogP contribution in [-0.2, 0) is 7.05 Å². The molecule has 7 heteroatoms. The highest BCUT2D eigenvalue weighted by Gasteiger charge is 2.19. The van der Waals surface area contributed by atoms with Crippen LogP contribution in [0.4, 0.5) is 0 Å². The van der Waals surface area contributed by atoms with Crippen molar-refractivity contribution in [1.82, 2.24) is 29.5 Å². The van der Waals surface area contributed by atoms with Crippen molar-refractivity contribution in [3.05, 3.63) is 40.3 Å². The van der Waals surface area contributed by atoms with Crippen molar-refractivity contribution in [3.8, 4) is 0 Å². The molecule has 0 atom stereocenters. The number of H-pyrrole nitrogens is 1. The molecule has 0 saturated heterocycles. The van der Waals surface area contributed by atoms with Crippen LogP contribution in [0.1, 0.15) is 36.7 Å². The SMILES string of the molecule is Cn1ncc2c(=O)[nH]c(/C=C/c3cnn(C4CCC4)c3)nc21. The molecule has 1 fully saturated rings. The highest BCUT2D eigenvalue weighted by Crippen LogP contribution is 2.30. The number of hydrogen-bond acceptors (Lipinski definition) is 4. The quantitative estimate of drug-likeness (QED) is 0.798. The molecular formula is C15H16N6O. The van der Waals surface area contributed by atoms with Crippen LogP contribution in [0.2, 0.25) is 0 Å². The second-order valence-electron chi connectivity index (χ2n) is 5.63. The number of aromatic nitrogens is 6. The van der Waals surface area contributed by atoms with Gasteiger partial charge in [-0.1, -0.05) is 0 Å². The zero-order valence-corrected chi connectivity index (χ0v) is 12.2. The molecule has 1 N–H and O–H groups in total. The molecule has 0 bridgehead atoms. The van der Waals surface area contributed by atoms with Gasteiger partial charge in [0.25, 0.3) is 5.56 Å². The molecule has 1 saturated carbocycles. The third-order valence-corrected chi connectivity index (χ3v) is 4.12. The Labute approximate surface area is 126 Å². The van der Waals surface area contributed by atoms with Crippen molar-refractivity contribution < 1.29 is 0 Å². The Balaban J connectivity index is 1.63. The third-order valence-electron chi connectivity index (χ3n) is 4.12. The highest BCUT2D eigenvalue weighted by atomic mass is 16.1. The van der Waals surface area contributed by atoms with E-state index in [0.717, 1.165) is 5.56 Å². The summed E-state index contributed by atoms with van der Waals surface area (Å²) in [5, 5.41) is 8.93. The molecule has 0 radical (unpaired) electrons. The van der Waals surface area contributed by atoms with Crippen LogP contribution in [0.25, 0.3) is 23.2 Å². The van der Waals surface area contributed by atoms with Gasteiger partial charge in [-0.05, 0) is 31.4 Å². The maximum atomic E-state index is 12.0. The van der Waals surface area contributed by atoms with Crippen LogP contribution in [0.15, 0.2) is 23.4 Å². The minimum absolute atomic E-state index is 0.178. The average Bonchev–Trinajstić information content (AvgIpc) is 3.03. The summed E-state index contributed by atoms with van der Waals surface area (Å²) in [6.07, 6.45) is 12.8. The summed E-state index contributed by atoms with van der Waals surface area (Å²) >= 11 is 0. The van der Waals surface area contributed by atoms with E-state index in [-0.39, 0.29) is 5.56 Å². The Morgan fingerprint density at radius 1 is 1.27 bits per heavy atom. The van der Waals surface area contributed by atoms with Crippen LogP contribution in [0, 0.1) is 0 Å². The van der Waals surface area contributed by atoms with Crippen molar-refractivity contribution >= 4 is 23.2 Å². The molecule has 7 nitrogen and oxygen atoms in total. The molecule has 3 aromatic rings. The zero-order valence-electron chi connectivity index (χ0n) is 12.2. The summed E-state index contributed by atoms with van der Waals surface area (Å²) in [6, 6.07) is 0.547. The summed E-state index contributed by atoms with van der Waals surface area (Å²) < 4.78 is 3.61. The van der Waals surface area contributed by atoms with Gasteiger partial charge < -0.3 is 4.98 Å². The predicted molar refractivity (Wildman–Crippen MR) is 83.2 cm³/mol. The first-order valence-electron chi connectivity index (χ1n) is 7.35. The fourth-order valence-electron chi connectivity index (χ4n) is 2.59. The average molecular weight is 296 g/mol. The number of hydrogen-bond donors (Lipinski definition) is 1. The first-order valence-corrected chi connectivity index (χ1v) is 7.35. The molecular weight excluding hydrogens is 280 g/mol. The number of fused-ring (bicyclic) bond motifs is 1. The Bertz CT molecular complexity index is 912. The van der Waals surface area contributed by atoms with E-state index >= 15 is 0 Å². The summed E-state index contributed by atoms with van der Waals surface area (Å²) in [5.41, 5.74) is 1.40. The van der Waals surface area contributed by atoms with Crippen molar-refractivity contribution in [3.63, 3.8) is 0 Å². The van der Waals surface area contributed by atoms with Gasteiger partial charge >= 0.3 is 0 Å². The topological polar surface area (TPSA) is 81.4 Å². The molecule has 0 aliphatic heterocycles. The molecule has 1 aliphatic carbocycles. The van der Waals surface area contributed by atoms with E-state index in [2.05, 4.69) is 20.2 Å².